The van der Waals surface area contributed by atoms with Crippen LogP contribution in [-0.2, 0) is 16.6 Å². The van der Waals surface area contributed by atoms with Crippen LogP contribution in [0.3, 0.4) is 0 Å². The first-order valence-electron chi connectivity index (χ1n) is 14.2. The van der Waals surface area contributed by atoms with Gasteiger partial charge in [0.15, 0.2) is 0 Å². The van der Waals surface area contributed by atoms with Crippen molar-refractivity contribution in [1.29, 1.82) is 0 Å². The number of allylic oxidation sites excluding steroid dienone is 3. The highest BCUT2D eigenvalue weighted by atomic mass is 16.7. The number of hydrogen-bond donors (Lipinski definition) is 3. The van der Waals surface area contributed by atoms with Gasteiger partial charge < -0.3 is 15.8 Å². The number of ether oxygens (including phenoxy) is 1. The van der Waals surface area contributed by atoms with Gasteiger partial charge in [0.2, 0.25) is 0 Å². The minimum atomic E-state index is -0.865. The average Bonchev–Trinajstić information content (AvgIpc) is 3.63. The van der Waals surface area contributed by atoms with E-state index in [9.17, 15) is 14.4 Å². The van der Waals surface area contributed by atoms with Crippen LogP contribution in [0, 0.1) is 19.8 Å². The van der Waals surface area contributed by atoms with E-state index in [0.717, 1.165) is 4.68 Å². The molecular formula is C32H44N8O5. The largest absolute Gasteiger partial charge is 0.383 e. The number of hydrogen-bond acceptors (Lipinski definition) is 8. The zero-order valence-corrected chi connectivity index (χ0v) is 26.8. The number of aromatic nitrogens is 4. The summed E-state index contributed by atoms with van der Waals surface area (Å²) in [6.45, 7) is 13.2. The predicted molar refractivity (Wildman–Crippen MR) is 177 cm³/mol. The van der Waals surface area contributed by atoms with E-state index in [-0.39, 0.29) is 17.3 Å². The van der Waals surface area contributed by atoms with Crippen molar-refractivity contribution >= 4 is 17.8 Å². The van der Waals surface area contributed by atoms with E-state index < -0.39 is 17.5 Å². The SMILES string of the molecule is C#C.C=C/C=C\C.CC.COCCN1C[C@@H](NC(=O)Nc2c(C)c(-c3cc(C(N)=O)c(=O)n(C)n3)nn2-c2ccccc2)CO1. The molecule has 0 bridgehead atoms. The first kappa shape index (κ1) is 38.0. The molecule has 13 nitrogen and oxygen atoms in total. The van der Waals surface area contributed by atoms with Crippen molar-refractivity contribution in [3.05, 3.63) is 82.7 Å². The fourth-order valence-electron chi connectivity index (χ4n) is 3.99. The zero-order valence-electron chi connectivity index (χ0n) is 26.8. The van der Waals surface area contributed by atoms with Crippen molar-refractivity contribution in [3.63, 3.8) is 0 Å². The lowest BCUT2D eigenvalue weighted by molar-refractivity contribution is -0.118. The molecule has 45 heavy (non-hydrogen) atoms. The van der Waals surface area contributed by atoms with E-state index in [4.69, 9.17) is 15.3 Å². The number of nitrogens with one attached hydrogen (secondary N) is 2. The minimum Gasteiger partial charge on any atom is -0.383 e. The van der Waals surface area contributed by atoms with Gasteiger partial charge in [0.25, 0.3) is 11.5 Å². The number of methoxy groups -OCH3 is 1. The molecule has 1 aliphatic heterocycles. The molecule has 0 saturated carbocycles. The van der Waals surface area contributed by atoms with Crippen LogP contribution in [0.4, 0.5) is 10.6 Å². The van der Waals surface area contributed by atoms with Gasteiger partial charge >= 0.3 is 6.03 Å². The third-order valence-corrected chi connectivity index (χ3v) is 6.02. The van der Waals surface area contributed by atoms with Crippen LogP contribution in [0.5, 0.6) is 0 Å². The molecule has 13 heteroatoms. The van der Waals surface area contributed by atoms with E-state index in [1.807, 2.05) is 63.3 Å². The number of anilines is 1. The number of terminal acetylenes is 1. The van der Waals surface area contributed by atoms with Gasteiger partial charge in [-0.25, -0.2) is 14.2 Å². The molecule has 1 atom stereocenters. The minimum absolute atomic E-state index is 0.206. The first-order chi connectivity index (χ1) is 21.7. The van der Waals surface area contributed by atoms with Crippen molar-refractivity contribution in [3.8, 4) is 29.9 Å². The summed E-state index contributed by atoms with van der Waals surface area (Å²) in [6, 6.07) is 9.88. The van der Waals surface area contributed by atoms with Gasteiger partial charge in [-0.05, 0) is 32.0 Å². The standard InChI is InChI=1S/C23H28N8O5.C5H8.C2H6.C2H2/c1-14-19(18-11-17(20(24)32)22(33)29(2)27-18)28-31(16-7-5-4-6-8-16)21(14)26-23(34)25-15-12-30(36-13-15)9-10-35-3;1-3-5-4-2;2*1-2/h4-8,11,15H,9-10,12-13H2,1-3H3,(H2,24,32)(H2,25,26,34);3-5H,1H2,2H3;1-2H3;1-2H/b;5-4-;;/t15-;;;/m1.../s1. The second-order valence-electron chi connectivity index (χ2n) is 9.04. The maximum Gasteiger partial charge on any atom is 0.320 e. The van der Waals surface area contributed by atoms with Crippen LogP contribution in [0.15, 0.2) is 66.0 Å². The molecule has 1 aliphatic rings. The lowest BCUT2D eigenvalue weighted by atomic mass is 10.1. The molecule has 3 aromatic rings. The molecule has 2 aromatic heterocycles. The van der Waals surface area contributed by atoms with Gasteiger partial charge in [-0.3, -0.25) is 19.7 Å². The Morgan fingerprint density at radius 2 is 1.89 bits per heavy atom. The molecule has 0 unspecified atom stereocenters. The Bertz CT molecular complexity index is 1490. The number of urea groups is 1. The summed E-state index contributed by atoms with van der Waals surface area (Å²) in [7, 11) is 3.04. The number of aryl methyl sites for hydroxylation is 1. The maximum atomic E-state index is 12.9. The summed E-state index contributed by atoms with van der Waals surface area (Å²) in [6.07, 6.45) is 13.6. The van der Waals surface area contributed by atoms with E-state index in [0.29, 0.717) is 49.1 Å². The predicted octanol–water partition coefficient (Wildman–Crippen LogP) is 3.45. The summed E-state index contributed by atoms with van der Waals surface area (Å²) in [5.41, 5.74) is 6.48. The molecule has 1 fully saturated rings. The third-order valence-electron chi connectivity index (χ3n) is 6.02. The Morgan fingerprint density at radius 1 is 1.22 bits per heavy atom. The molecule has 3 heterocycles. The number of primary amides is 1. The van der Waals surface area contributed by atoms with Crippen LogP contribution >= 0.6 is 0 Å². The second kappa shape index (κ2) is 20.0. The van der Waals surface area contributed by atoms with Gasteiger partial charge in [-0.2, -0.15) is 15.3 Å². The molecular weight excluding hydrogens is 576 g/mol. The van der Waals surface area contributed by atoms with Gasteiger partial charge in [0.1, 0.15) is 22.8 Å². The maximum absolute atomic E-state index is 12.9. The summed E-state index contributed by atoms with van der Waals surface area (Å²) in [5, 5.41) is 16.4. The zero-order chi connectivity index (χ0) is 33.9. The quantitative estimate of drug-likeness (QED) is 0.242. The Labute approximate surface area is 264 Å². The molecule has 1 saturated heterocycles. The van der Waals surface area contributed by atoms with Crippen molar-refractivity contribution in [1.82, 2.24) is 29.9 Å². The van der Waals surface area contributed by atoms with Crippen molar-refractivity contribution in [2.24, 2.45) is 12.8 Å². The monoisotopic (exact) mass is 620 g/mol. The summed E-state index contributed by atoms with van der Waals surface area (Å²) >= 11 is 0. The van der Waals surface area contributed by atoms with Crippen LogP contribution in [0.25, 0.3) is 17.1 Å². The van der Waals surface area contributed by atoms with Gasteiger partial charge in [-0.15, -0.1) is 12.8 Å². The van der Waals surface area contributed by atoms with E-state index in [2.05, 4.69) is 40.3 Å². The molecule has 4 N–H and O–H groups in total. The third kappa shape index (κ3) is 10.9. The molecule has 242 valence electrons. The van der Waals surface area contributed by atoms with E-state index >= 15 is 0 Å². The number of nitrogens with zero attached hydrogens (tertiary/aromatic N) is 5. The normalized spacial score (nSPS) is 13.7. The number of para-hydroxylation sites is 1. The fraction of sp³-hybridized carbons (Fsp3) is 0.344. The van der Waals surface area contributed by atoms with Crippen molar-refractivity contribution in [2.45, 2.75) is 33.7 Å². The highest BCUT2D eigenvalue weighted by Crippen LogP contribution is 2.29. The summed E-state index contributed by atoms with van der Waals surface area (Å²) in [5.74, 6) is -0.462. The Kier molecular flexibility index (Phi) is 16.9. The van der Waals surface area contributed by atoms with Crippen LogP contribution < -0.4 is 21.9 Å². The summed E-state index contributed by atoms with van der Waals surface area (Å²) < 4.78 is 7.66. The lowest BCUT2D eigenvalue weighted by Crippen LogP contribution is -2.41. The number of nitrogens with two attached hydrogens (primary N) is 1. The van der Waals surface area contributed by atoms with Crippen LogP contribution in [0.2, 0.25) is 0 Å². The number of carbonyl (C=O) groups excluding carboxylic acids is 2. The van der Waals surface area contributed by atoms with Crippen molar-refractivity contribution in [2.75, 3.05) is 38.7 Å². The highest BCUT2D eigenvalue weighted by Gasteiger charge is 2.27. The number of carbonyl (C=O) groups is 2. The first-order valence-corrected chi connectivity index (χ1v) is 14.2. The summed E-state index contributed by atoms with van der Waals surface area (Å²) in [4.78, 5) is 42.5. The Balaban J connectivity index is 0.00000101. The van der Waals surface area contributed by atoms with Crippen LogP contribution in [-0.4, -0.2) is 76.0 Å². The van der Waals surface area contributed by atoms with Gasteiger partial charge in [-0.1, -0.05) is 56.9 Å². The lowest BCUT2D eigenvalue weighted by Gasteiger charge is -2.15. The number of rotatable bonds is 9. The van der Waals surface area contributed by atoms with Gasteiger partial charge in [0, 0.05) is 32.8 Å². The van der Waals surface area contributed by atoms with Crippen molar-refractivity contribution < 1.29 is 19.2 Å². The molecule has 0 aliphatic carbocycles. The number of amides is 3. The van der Waals surface area contributed by atoms with E-state index in [1.54, 1.807) is 29.9 Å². The van der Waals surface area contributed by atoms with Crippen LogP contribution in [0.1, 0.15) is 36.7 Å². The second-order valence-corrected chi connectivity index (χ2v) is 9.04. The van der Waals surface area contributed by atoms with Gasteiger partial charge in [0.05, 0.1) is 24.9 Å². The molecule has 0 spiro atoms. The topological polar surface area (TPSA) is 159 Å². The van der Waals surface area contributed by atoms with E-state index in [1.165, 1.54) is 13.1 Å². The number of hydroxylamine groups is 2. The average molecular weight is 621 g/mol. The molecule has 3 amide bonds. The number of benzene rings is 1. The molecule has 1 aromatic carbocycles. The smallest absolute Gasteiger partial charge is 0.320 e. The molecule has 0 radical (unpaired) electrons. The molecule has 4 rings (SSSR count). The fourth-order valence-corrected chi connectivity index (χ4v) is 3.99. The highest BCUT2D eigenvalue weighted by molar-refractivity contribution is 5.94. The Hall–Kier alpha value is -5.03. The Morgan fingerprint density at radius 3 is 2.44 bits per heavy atom.